The number of aromatic nitrogens is 2. The predicted molar refractivity (Wildman–Crippen MR) is 116 cm³/mol. The maximum absolute atomic E-state index is 13.9. The first-order valence-corrected chi connectivity index (χ1v) is 10.3. The van der Waals surface area contributed by atoms with Crippen molar-refractivity contribution in [1.82, 2.24) is 15.3 Å². The van der Waals surface area contributed by atoms with Crippen molar-refractivity contribution in [3.63, 3.8) is 0 Å². The van der Waals surface area contributed by atoms with Crippen LogP contribution in [0.15, 0.2) is 46.0 Å². The molecular formula is C18H22F2N6OS2. The summed E-state index contributed by atoms with van der Waals surface area (Å²) in [6.45, 7) is 5.56. The van der Waals surface area contributed by atoms with Gasteiger partial charge in [0, 0.05) is 42.4 Å². The third kappa shape index (κ3) is 7.52. The molecule has 0 bridgehead atoms. The molecule has 1 aromatic carbocycles. The smallest absolute Gasteiger partial charge is 0.191 e. The van der Waals surface area contributed by atoms with Crippen LogP contribution in [0.2, 0.25) is 0 Å². The highest BCUT2D eigenvalue weighted by atomic mass is 32.2. The van der Waals surface area contributed by atoms with Crippen LogP contribution in [0.3, 0.4) is 0 Å². The molecule has 0 saturated heterocycles. The Morgan fingerprint density at radius 1 is 1.34 bits per heavy atom. The van der Waals surface area contributed by atoms with E-state index < -0.39 is 11.6 Å². The molecule has 0 aliphatic heterocycles. The van der Waals surface area contributed by atoms with Crippen molar-refractivity contribution in [2.45, 2.75) is 23.9 Å². The molecule has 1 atom stereocenters. The van der Waals surface area contributed by atoms with Crippen LogP contribution in [-0.2, 0) is 5.75 Å². The van der Waals surface area contributed by atoms with Crippen LogP contribution in [0.5, 0.6) is 0 Å². The van der Waals surface area contributed by atoms with Crippen LogP contribution in [-0.4, -0.2) is 41.1 Å². The molecule has 0 radical (unpaired) electrons. The van der Waals surface area contributed by atoms with Gasteiger partial charge in [0.1, 0.15) is 11.6 Å². The molecule has 0 amide bonds. The van der Waals surface area contributed by atoms with Crippen LogP contribution in [0, 0.1) is 11.6 Å². The average molecular weight is 441 g/mol. The number of aliphatic imine (C=N–C) groups is 1. The summed E-state index contributed by atoms with van der Waals surface area (Å²) in [5.74, 6) is -0.637. The molecule has 7 nitrogen and oxygen atoms in total. The molecule has 29 heavy (non-hydrogen) atoms. The second-order valence-electron chi connectivity index (χ2n) is 5.81. The van der Waals surface area contributed by atoms with Gasteiger partial charge in [-0.15, -0.1) is 0 Å². The van der Waals surface area contributed by atoms with Crippen LogP contribution in [0.25, 0.3) is 0 Å². The molecule has 0 spiro atoms. The van der Waals surface area contributed by atoms with Crippen LogP contribution >= 0.6 is 23.7 Å². The van der Waals surface area contributed by atoms with E-state index in [0.29, 0.717) is 21.8 Å². The summed E-state index contributed by atoms with van der Waals surface area (Å²) in [4.78, 5) is 12.6. The normalized spacial score (nSPS) is 12.0. The minimum absolute atomic E-state index is 0.0738. The first-order chi connectivity index (χ1) is 13.9. The van der Waals surface area contributed by atoms with Gasteiger partial charge in [-0.05, 0) is 13.0 Å². The number of hydrogen-bond acceptors (Lipinski definition) is 8. The van der Waals surface area contributed by atoms with Crippen molar-refractivity contribution >= 4 is 41.7 Å². The zero-order chi connectivity index (χ0) is 21.2. The minimum atomic E-state index is -0.892. The molecule has 156 valence electrons. The Morgan fingerprint density at radius 3 is 2.83 bits per heavy atom. The van der Waals surface area contributed by atoms with Gasteiger partial charge in [0.2, 0.25) is 0 Å². The lowest BCUT2D eigenvalue weighted by Gasteiger charge is -2.14. The number of aliphatic hydroxyl groups is 1. The highest BCUT2D eigenvalue weighted by molar-refractivity contribution is 8.04. The summed E-state index contributed by atoms with van der Waals surface area (Å²) >= 11 is 2.36. The van der Waals surface area contributed by atoms with Crippen molar-refractivity contribution in [2.75, 3.05) is 23.7 Å². The lowest BCUT2D eigenvalue weighted by Crippen LogP contribution is -2.20. The average Bonchev–Trinajstić information content (AvgIpc) is 2.71. The van der Waals surface area contributed by atoms with E-state index in [9.17, 15) is 13.9 Å². The molecule has 2 rings (SSSR count). The Balaban J connectivity index is 2.15. The van der Waals surface area contributed by atoms with Gasteiger partial charge in [-0.2, -0.15) is 0 Å². The second kappa shape index (κ2) is 11.6. The van der Waals surface area contributed by atoms with Gasteiger partial charge in [-0.25, -0.2) is 18.7 Å². The number of halogens is 2. The lowest BCUT2D eigenvalue weighted by atomic mass is 10.2. The standard InChI is InChI=1S/C18H22F2N6OS2/c1-11(8-27)23-15-7-16(26-29-12(2)22-10-21-3)25-18(24-15)28-9-13-5-4-6-14(19)17(13)20/h4-7,10-11,27H,2,8-9H2,1,3H3,(H,21,22)(H2,23,24,25,26)/t11-/m1/s1. The predicted octanol–water partition coefficient (Wildman–Crippen LogP) is 3.62. The summed E-state index contributed by atoms with van der Waals surface area (Å²) in [6, 6.07) is 5.50. The summed E-state index contributed by atoms with van der Waals surface area (Å²) in [6.07, 6.45) is 1.50. The molecule has 1 heterocycles. The largest absolute Gasteiger partial charge is 0.394 e. The monoisotopic (exact) mass is 440 g/mol. The first kappa shape index (κ1) is 22.9. The van der Waals surface area contributed by atoms with Gasteiger partial charge < -0.3 is 20.5 Å². The highest BCUT2D eigenvalue weighted by Crippen LogP contribution is 2.26. The molecule has 2 aromatic rings. The number of anilines is 2. The van der Waals surface area contributed by atoms with E-state index >= 15 is 0 Å². The maximum Gasteiger partial charge on any atom is 0.191 e. The SMILES string of the molecule is C=C(NC=NC)SNc1cc(N[C@H](C)CO)nc(SCc2cccc(F)c2F)n1. The highest BCUT2D eigenvalue weighted by Gasteiger charge is 2.12. The number of hydrogen-bond donors (Lipinski definition) is 4. The van der Waals surface area contributed by atoms with Crippen molar-refractivity contribution < 1.29 is 13.9 Å². The molecular weight excluding hydrogens is 418 g/mol. The fourth-order valence-electron chi connectivity index (χ4n) is 2.00. The summed E-state index contributed by atoms with van der Waals surface area (Å²) in [7, 11) is 1.63. The Morgan fingerprint density at radius 2 is 2.10 bits per heavy atom. The van der Waals surface area contributed by atoms with Crippen LogP contribution in [0.1, 0.15) is 12.5 Å². The van der Waals surface area contributed by atoms with Crippen LogP contribution in [0.4, 0.5) is 20.4 Å². The Bertz CT molecular complexity index is 868. The Kier molecular flexibility index (Phi) is 9.16. The topological polar surface area (TPSA) is 94.5 Å². The molecule has 0 unspecified atom stereocenters. The zero-order valence-corrected chi connectivity index (χ0v) is 17.6. The summed E-state index contributed by atoms with van der Waals surface area (Å²) in [5.41, 5.74) is 0.223. The molecule has 0 fully saturated rings. The van der Waals surface area contributed by atoms with Gasteiger partial charge in [0.05, 0.1) is 18.0 Å². The van der Waals surface area contributed by atoms with Gasteiger partial charge in [-0.1, -0.05) is 30.5 Å². The molecule has 4 N–H and O–H groups in total. The third-order valence-electron chi connectivity index (χ3n) is 3.40. The molecule has 1 aromatic heterocycles. The van der Waals surface area contributed by atoms with E-state index in [1.165, 1.54) is 42.2 Å². The van der Waals surface area contributed by atoms with Gasteiger partial charge in [0.25, 0.3) is 0 Å². The van der Waals surface area contributed by atoms with E-state index in [1.54, 1.807) is 20.0 Å². The quantitative estimate of drug-likeness (QED) is 0.138. The number of nitrogens with one attached hydrogen (secondary N) is 3. The minimum Gasteiger partial charge on any atom is -0.394 e. The number of nitrogens with zero attached hydrogens (tertiary/aromatic N) is 3. The Hall–Kier alpha value is -2.37. The zero-order valence-electron chi connectivity index (χ0n) is 15.9. The number of benzene rings is 1. The van der Waals surface area contributed by atoms with Gasteiger partial charge in [-0.3, -0.25) is 4.99 Å². The van der Waals surface area contributed by atoms with Crippen molar-refractivity contribution in [2.24, 2.45) is 4.99 Å². The van der Waals surface area contributed by atoms with E-state index in [-0.39, 0.29) is 24.0 Å². The number of rotatable bonds is 11. The maximum atomic E-state index is 13.9. The fourth-order valence-corrected chi connectivity index (χ4v) is 3.27. The molecule has 0 aliphatic rings. The van der Waals surface area contributed by atoms with Crippen molar-refractivity contribution in [3.8, 4) is 0 Å². The van der Waals surface area contributed by atoms with Gasteiger partial charge in [0.15, 0.2) is 16.8 Å². The molecule has 0 aliphatic carbocycles. The summed E-state index contributed by atoms with van der Waals surface area (Å²) in [5, 5.41) is 16.2. The van der Waals surface area contributed by atoms with E-state index in [0.717, 1.165) is 6.07 Å². The third-order valence-corrected chi connectivity index (χ3v) is 4.97. The Labute approximate surface area is 176 Å². The number of aliphatic hydroxyl groups excluding tert-OH is 1. The first-order valence-electron chi connectivity index (χ1n) is 8.54. The second-order valence-corrected chi connectivity index (χ2v) is 7.65. The van der Waals surface area contributed by atoms with E-state index in [4.69, 9.17) is 0 Å². The number of thioether (sulfide) groups is 1. The lowest BCUT2D eigenvalue weighted by molar-refractivity contribution is 0.281. The van der Waals surface area contributed by atoms with Gasteiger partial charge >= 0.3 is 0 Å². The van der Waals surface area contributed by atoms with Crippen LogP contribution < -0.4 is 15.4 Å². The molecule has 11 heteroatoms. The van der Waals surface area contributed by atoms with E-state index in [2.05, 4.69) is 36.9 Å². The van der Waals surface area contributed by atoms with E-state index in [1.807, 2.05) is 0 Å². The van der Waals surface area contributed by atoms with Crippen molar-refractivity contribution in [1.29, 1.82) is 0 Å². The fraction of sp³-hybridized carbons (Fsp3) is 0.278. The summed E-state index contributed by atoms with van der Waals surface area (Å²) < 4.78 is 30.3. The van der Waals surface area contributed by atoms with Crippen molar-refractivity contribution in [3.05, 3.63) is 53.1 Å². The molecule has 0 saturated carbocycles.